The maximum atomic E-state index is 12.5. The van der Waals surface area contributed by atoms with Crippen molar-refractivity contribution in [3.05, 3.63) is 73.8 Å². The van der Waals surface area contributed by atoms with Crippen LogP contribution in [0.3, 0.4) is 0 Å². The summed E-state index contributed by atoms with van der Waals surface area (Å²) in [4.78, 5) is 23.1. The maximum absolute atomic E-state index is 12.5. The van der Waals surface area contributed by atoms with Gasteiger partial charge in [0.25, 0.3) is 11.6 Å². The largest absolute Gasteiger partial charge is 0.349 e. The van der Waals surface area contributed by atoms with E-state index < -0.39 is 4.92 Å². The van der Waals surface area contributed by atoms with Gasteiger partial charge in [-0.3, -0.25) is 14.9 Å². The number of rotatable bonds is 5. The van der Waals surface area contributed by atoms with Gasteiger partial charge in [-0.25, -0.2) is 0 Å². The first kappa shape index (κ1) is 18.4. The zero-order valence-electron chi connectivity index (χ0n) is 14.6. The number of hydrogen-bond acceptors (Lipinski definition) is 3. The van der Waals surface area contributed by atoms with Crippen molar-refractivity contribution < 1.29 is 9.72 Å². The molecule has 0 saturated heterocycles. The molecule has 1 atom stereocenters. The smallest absolute Gasteiger partial charge is 0.288 e. The normalized spacial score (nSPS) is 16.0. The molecule has 0 radical (unpaired) electrons. The molecule has 136 valence electrons. The van der Waals surface area contributed by atoms with E-state index in [9.17, 15) is 14.9 Å². The number of aryl methyl sites for hydroxylation is 2. The lowest BCUT2D eigenvalue weighted by atomic mass is 9.87. The molecule has 1 unspecified atom stereocenters. The lowest BCUT2D eigenvalue weighted by Crippen LogP contribution is -2.39. The van der Waals surface area contributed by atoms with E-state index in [1.165, 1.54) is 11.6 Å². The molecule has 0 saturated carbocycles. The second-order valence-corrected chi connectivity index (χ2v) is 7.03. The number of halogens is 1. The van der Waals surface area contributed by atoms with Crippen LogP contribution in [-0.4, -0.2) is 16.9 Å². The second-order valence-electron chi connectivity index (χ2n) is 6.65. The van der Waals surface area contributed by atoms with E-state index in [1.807, 2.05) is 24.3 Å². The van der Waals surface area contributed by atoms with Gasteiger partial charge in [0, 0.05) is 17.7 Å². The average Bonchev–Trinajstić information content (AvgIpc) is 2.63. The monoisotopic (exact) mass is 372 g/mol. The van der Waals surface area contributed by atoms with Crippen molar-refractivity contribution in [2.75, 3.05) is 0 Å². The van der Waals surface area contributed by atoms with Gasteiger partial charge < -0.3 is 5.32 Å². The predicted molar refractivity (Wildman–Crippen MR) is 102 cm³/mol. The highest BCUT2D eigenvalue weighted by molar-refractivity contribution is 6.33. The molecule has 0 aromatic heterocycles. The Morgan fingerprint density at radius 2 is 2.00 bits per heavy atom. The first-order valence-electron chi connectivity index (χ1n) is 8.84. The van der Waals surface area contributed by atoms with E-state index in [4.69, 9.17) is 11.6 Å². The van der Waals surface area contributed by atoms with E-state index in [0.717, 1.165) is 36.8 Å². The minimum absolute atomic E-state index is 0.0789. The van der Waals surface area contributed by atoms with Crippen LogP contribution in [0, 0.1) is 10.1 Å². The molecule has 0 fully saturated rings. The van der Waals surface area contributed by atoms with Crippen LogP contribution in [0.15, 0.2) is 36.4 Å². The van der Waals surface area contributed by atoms with Crippen LogP contribution in [0.2, 0.25) is 5.02 Å². The second kappa shape index (κ2) is 7.87. The van der Waals surface area contributed by atoms with Crippen molar-refractivity contribution in [1.29, 1.82) is 0 Å². The minimum atomic E-state index is -0.470. The number of nitrogens with zero attached hydrogens (tertiary/aromatic N) is 1. The molecule has 0 spiro atoms. The predicted octanol–water partition coefficient (Wildman–Crippen LogP) is 4.49. The van der Waals surface area contributed by atoms with Crippen LogP contribution in [0.5, 0.6) is 0 Å². The fraction of sp³-hybridized carbons (Fsp3) is 0.350. The Balaban J connectivity index is 1.71. The number of carbonyl (C=O) groups is 1. The quantitative estimate of drug-likeness (QED) is 0.620. The summed E-state index contributed by atoms with van der Waals surface area (Å²) in [5.74, 6) is -0.122. The SMILES string of the molecule is CCCc1ccc(C(=O)NC2CCc3ccc([N+](=O)[O-])c(Cl)c3C2)cc1. The summed E-state index contributed by atoms with van der Waals surface area (Å²) >= 11 is 6.23. The number of carbonyl (C=O) groups excluding carboxylic acids is 1. The third kappa shape index (κ3) is 3.88. The summed E-state index contributed by atoms with van der Waals surface area (Å²) in [6, 6.07) is 10.8. The van der Waals surface area contributed by atoms with Gasteiger partial charge in [-0.05, 0) is 54.5 Å². The highest BCUT2D eigenvalue weighted by Gasteiger charge is 2.26. The lowest BCUT2D eigenvalue weighted by molar-refractivity contribution is -0.384. The standard InChI is InChI=1S/C20H21ClN2O3/c1-2-3-13-4-6-15(7-5-13)20(24)22-16-10-8-14-9-11-18(23(25)26)19(21)17(14)12-16/h4-7,9,11,16H,2-3,8,10,12H2,1H3,(H,22,24). The highest BCUT2D eigenvalue weighted by Crippen LogP contribution is 2.34. The maximum Gasteiger partial charge on any atom is 0.288 e. The summed E-state index contributed by atoms with van der Waals surface area (Å²) in [5.41, 5.74) is 3.56. The van der Waals surface area contributed by atoms with Gasteiger partial charge in [0.1, 0.15) is 5.02 Å². The van der Waals surface area contributed by atoms with E-state index in [1.54, 1.807) is 6.07 Å². The number of hydrogen-bond donors (Lipinski definition) is 1. The number of nitro benzene ring substituents is 1. The van der Waals surface area contributed by atoms with Crippen molar-refractivity contribution in [2.45, 2.75) is 45.1 Å². The Bertz CT molecular complexity index is 834. The van der Waals surface area contributed by atoms with Crippen LogP contribution in [0.4, 0.5) is 5.69 Å². The fourth-order valence-corrected chi connectivity index (χ4v) is 3.76. The first-order valence-corrected chi connectivity index (χ1v) is 9.21. The molecule has 0 aliphatic heterocycles. The summed E-state index contributed by atoms with van der Waals surface area (Å²) in [6.45, 7) is 2.12. The number of nitro groups is 1. The molecule has 0 heterocycles. The summed E-state index contributed by atoms with van der Waals surface area (Å²) in [7, 11) is 0. The van der Waals surface area contributed by atoms with Crippen LogP contribution >= 0.6 is 11.6 Å². The van der Waals surface area contributed by atoms with Crippen molar-refractivity contribution >= 4 is 23.2 Å². The van der Waals surface area contributed by atoms with Crippen LogP contribution < -0.4 is 5.32 Å². The molecule has 1 N–H and O–H groups in total. The van der Waals surface area contributed by atoms with Gasteiger partial charge in [-0.2, -0.15) is 0 Å². The first-order chi connectivity index (χ1) is 12.5. The summed E-state index contributed by atoms with van der Waals surface area (Å²) in [6.07, 6.45) is 4.11. The van der Waals surface area contributed by atoms with Gasteiger partial charge in [-0.1, -0.05) is 43.1 Å². The highest BCUT2D eigenvalue weighted by atomic mass is 35.5. The molecule has 1 aliphatic carbocycles. The van der Waals surface area contributed by atoms with E-state index in [-0.39, 0.29) is 22.7 Å². The fourth-order valence-electron chi connectivity index (χ4n) is 3.43. The van der Waals surface area contributed by atoms with Crippen molar-refractivity contribution in [3.8, 4) is 0 Å². The molecular formula is C20H21ClN2O3. The molecule has 1 aliphatic rings. The third-order valence-electron chi connectivity index (χ3n) is 4.82. The van der Waals surface area contributed by atoms with E-state index in [0.29, 0.717) is 12.0 Å². The van der Waals surface area contributed by atoms with Crippen LogP contribution in [-0.2, 0) is 19.3 Å². The molecule has 5 nitrogen and oxygen atoms in total. The Morgan fingerprint density at radius 3 is 2.65 bits per heavy atom. The lowest BCUT2D eigenvalue weighted by Gasteiger charge is -2.26. The number of nitrogens with one attached hydrogen (secondary N) is 1. The molecule has 2 aromatic carbocycles. The Morgan fingerprint density at radius 1 is 1.27 bits per heavy atom. The Kier molecular flexibility index (Phi) is 5.57. The van der Waals surface area contributed by atoms with E-state index in [2.05, 4.69) is 12.2 Å². The number of fused-ring (bicyclic) bond motifs is 1. The van der Waals surface area contributed by atoms with Crippen molar-refractivity contribution in [1.82, 2.24) is 5.32 Å². The van der Waals surface area contributed by atoms with Gasteiger partial charge in [0.05, 0.1) is 4.92 Å². The number of amides is 1. The molecule has 6 heteroatoms. The minimum Gasteiger partial charge on any atom is -0.349 e. The number of benzene rings is 2. The van der Waals surface area contributed by atoms with Crippen LogP contribution in [0.1, 0.15) is 46.8 Å². The molecular weight excluding hydrogens is 352 g/mol. The van der Waals surface area contributed by atoms with Crippen molar-refractivity contribution in [2.24, 2.45) is 0 Å². The molecule has 1 amide bonds. The third-order valence-corrected chi connectivity index (χ3v) is 5.24. The Labute approximate surface area is 157 Å². The van der Waals surface area contributed by atoms with Gasteiger partial charge in [0.15, 0.2) is 0 Å². The summed E-state index contributed by atoms with van der Waals surface area (Å²) < 4.78 is 0. The van der Waals surface area contributed by atoms with Crippen molar-refractivity contribution in [3.63, 3.8) is 0 Å². The molecule has 26 heavy (non-hydrogen) atoms. The van der Waals surface area contributed by atoms with Gasteiger partial charge >= 0.3 is 0 Å². The Hall–Kier alpha value is -2.40. The van der Waals surface area contributed by atoms with E-state index >= 15 is 0 Å². The average molecular weight is 373 g/mol. The summed E-state index contributed by atoms with van der Waals surface area (Å²) in [5, 5.41) is 14.3. The van der Waals surface area contributed by atoms with Gasteiger partial charge in [-0.15, -0.1) is 0 Å². The van der Waals surface area contributed by atoms with Crippen LogP contribution in [0.25, 0.3) is 0 Å². The topological polar surface area (TPSA) is 72.2 Å². The molecule has 2 aromatic rings. The zero-order valence-corrected chi connectivity index (χ0v) is 15.4. The zero-order chi connectivity index (χ0) is 18.7. The molecule has 0 bridgehead atoms. The molecule has 3 rings (SSSR count). The van der Waals surface area contributed by atoms with Gasteiger partial charge in [0.2, 0.25) is 0 Å².